The van der Waals surface area contributed by atoms with Gasteiger partial charge in [-0.2, -0.15) is 13.2 Å². The van der Waals surface area contributed by atoms with Gasteiger partial charge >= 0.3 is 6.18 Å². The predicted octanol–water partition coefficient (Wildman–Crippen LogP) is 5.33. The van der Waals surface area contributed by atoms with Crippen LogP contribution in [0.3, 0.4) is 0 Å². The van der Waals surface area contributed by atoms with Gasteiger partial charge in [-0.05, 0) is 62.3 Å². The van der Waals surface area contributed by atoms with Crippen molar-refractivity contribution in [1.82, 2.24) is 10.2 Å². The van der Waals surface area contributed by atoms with E-state index in [-0.39, 0.29) is 24.1 Å². The lowest BCUT2D eigenvalue weighted by molar-refractivity contribution is -0.137. The number of carbonyl (C=O) groups is 2. The van der Waals surface area contributed by atoms with Crippen molar-refractivity contribution in [3.8, 4) is 0 Å². The molecule has 2 atom stereocenters. The minimum atomic E-state index is -4.57. The van der Waals surface area contributed by atoms with Gasteiger partial charge in [0.1, 0.15) is 11.8 Å². The van der Waals surface area contributed by atoms with Crippen molar-refractivity contribution >= 4 is 11.8 Å². The van der Waals surface area contributed by atoms with Gasteiger partial charge < -0.3 is 10.1 Å². The summed E-state index contributed by atoms with van der Waals surface area (Å²) in [7, 11) is 0. The van der Waals surface area contributed by atoms with Crippen LogP contribution in [0.15, 0.2) is 54.6 Å². The first-order valence-corrected chi connectivity index (χ1v) is 11.6. The summed E-state index contributed by atoms with van der Waals surface area (Å²) in [6.45, 7) is 3.97. The van der Waals surface area contributed by atoms with E-state index in [0.29, 0.717) is 18.8 Å². The summed E-state index contributed by atoms with van der Waals surface area (Å²) in [4.78, 5) is 28.4. The van der Waals surface area contributed by atoms with Crippen LogP contribution in [0, 0.1) is 5.92 Å². The van der Waals surface area contributed by atoms with E-state index in [0.717, 1.165) is 30.5 Å². The molecule has 2 aromatic carbocycles. The molecule has 0 radical (unpaired) electrons. The summed E-state index contributed by atoms with van der Waals surface area (Å²) >= 11 is 0. The number of hydrogen-bond acceptors (Lipinski definition) is 3. The molecule has 1 saturated heterocycles. The highest BCUT2D eigenvalue weighted by molar-refractivity contribution is 5.98. The molecule has 4 rings (SSSR count). The lowest BCUT2D eigenvalue weighted by Gasteiger charge is -2.43. The van der Waals surface area contributed by atoms with E-state index in [1.165, 1.54) is 17.0 Å². The van der Waals surface area contributed by atoms with Crippen molar-refractivity contribution < 1.29 is 27.5 Å². The van der Waals surface area contributed by atoms with Crippen LogP contribution in [0.4, 0.5) is 13.2 Å². The molecule has 1 N–H and O–H groups in total. The molecule has 1 aliphatic carbocycles. The maximum Gasteiger partial charge on any atom is 0.416 e. The Labute approximate surface area is 197 Å². The SMILES string of the molecule is CC1CCC2(CC1)OC[C@H](C(=O)N[C@H](C)c1ccccc1)N2C(=O)c1cccc(C(F)(F)F)c1. The van der Waals surface area contributed by atoms with Crippen LogP contribution in [0.5, 0.6) is 0 Å². The summed E-state index contributed by atoms with van der Waals surface area (Å²) in [5, 5.41) is 2.95. The highest BCUT2D eigenvalue weighted by Gasteiger charge is 2.53. The second kappa shape index (κ2) is 9.41. The molecule has 1 saturated carbocycles. The predicted molar refractivity (Wildman–Crippen MR) is 121 cm³/mol. The van der Waals surface area contributed by atoms with Gasteiger partial charge in [-0.15, -0.1) is 0 Å². The summed E-state index contributed by atoms with van der Waals surface area (Å²) in [5.74, 6) is -0.552. The van der Waals surface area contributed by atoms with Gasteiger partial charge in [-0.3, -0.25) is 14.5 Å². The second-order valence-corrected chi connectivity index (χ2v) is 9.35. The van der Waals surface area contributed by atoms with Crippen LogP contribution in [-0.4, -0.2) is 35.1 Å². The van der Waals surface area contributed by atoms with Gasteiger partial charge in [0.15, 0.2) is 0 Å². The van der Waals surface area contributed by atoms with E-state index < -0.39 is 29.4 Å². The molecular formula is C26H29F3N2O3. The minimum absolute atomic E-state index is 0.00637. The maximum atomic E-state index is 13.7. The normalized spacial score (nSPS) is 25.9. The third kappa shape index (κ3) is 4.82. The largest absolute Gasteiger partial charge is 0.416 e. The van der Waals surface area contributed by atoms with Crippen LogP contribution < -0.4 is 5.32 Å². The molecule has 0 bridgehead atoms. The van der Waals surface area contributed by atoms with Gasteiger partial charge in [0.2, 0.25) is 5.91 Å². The van der Waals surface area contributed by atoms with E-state index >= 15 is 0 Å². The quantitative estimate of drug-likeness (QED) is 0.652. The molecule has 182 valence electrons. The molecule has 1 aliphatic heterocycles. The number of carbonyl (C=O) groups excluding carboxylic acids is 2. The summed E-state index contributed by atoms with van der Waals surface area (Å²) in [6, 6.07) is 12.5. The number of amides is 2. The van der Waals surface area contributed by atoms with Crippen molar-refractivity contribution in [2.24, 2.45) is 5.92 Å². The molecule has 0 aromatic heterocycles. The molecule has 34 heavy (non-hydrogen) atoms. The lowest BCUT2D eigenvalue weighted by atomic mass is 9.83. The maximum absolute atomic E-state index is 13.7. The monoisotopic (exact) mass is 474 g/mol. The Balaban J connectivity index is 1.64. The Hall–Kier alpha value is -2.87. The van der Waals surface area contributed by atoms with Crippen molar-refractivity contribution in [3.05, 3.63) is 71.3 Å². The molecule has 5 nitrogen and oxygen atoms in total. The summed E-state index contributed by atoms with van der Waals surface area (Å²) < 4.78 is 46.0. The Kier molecular flexibility index (Phi) is 6.71. The number of halogens is 3. The Bertz CT molecular complexity index is 1030. The first kappa shape index (κ1) is 24.3. The zero-order valence-electron chi connectivity index (χ0n) is 19.3. The fourth-order valence-electron chi connectivity index (χ4n) is 4.88. The number of nitrogens with one attached hydrogen (secondary N) is 1. The van der Waals surface area contributed by atoms with Gasteiger partial charge in [0.25, 0.3) is 5.91 Å². The minimum Gasteiger partial charge on any atom is -0.353 e. The number of ether oxygens (including phenoxy) is 1. The Morgan fingerprint density at radius 3 is 2.41 bits per heavy atom. The van der Waals surface area contributed by atoms with E-state index in [9.17, 15) is 22.8 Å². The molecule has 2 fully saturated rings. The number of rotatable bonds is 4. The highest BCUT2D eigenvalue weighted by Crippen LogP contribution is 2.43. The molecule has 1 spiro atoms. The fraction of sp³-hybridized carbons (Fsp3) is 0.462. The van der Waals surface area contributed by atoms with Crippen LogP contribution in [0.25, 0.3) is 0 Å². The number of alkyl halides is 3. The molecule has 2 aliphatic rings. The standard InChI is InChI=1S/C26H29F3N2O3/c1-17-11-13-25(14-12-17)31(24(33)20-9-6-10-21(15-20)26(27,28)29)22(16-34-25)23(32)30-18(2)19-7-4-3-5-8-19/h3-10,15,17-18,22H,11-14,16H2,1-2H3,(H,30,32)/t17?,18-,22-,25?/m1/s1. The van der Waals surface area contributed by atoms with Crippen molar-refractivity contribution in [3.63, 3.8) is 0 Å². The van der Waals surface area contributed by atoms with Gasteiger partial charge in [-0.1, -0.05) is 43.3 Å². The lowest BCUT2D eigenvalue weighted by Crippen LogP contribution is -2.57. The topological polar surface area (TPSA) is 58.6 Å². The van der Waals surface area contributed by atoms with Crippen LogP contribution in [0.2, 0.25) is 0 Å². The smallest absolute Gasteiger partial charge is 0.353 e. The molecule has 8 heteroatoms. The average Bonchev–Trinajstić information content (AvgIpc) is 3.19. The van der Waals surface area contributed by atoms with Crippen molar-refractivity contribution in [1.29, 1.82) is 0 Å². The van der Waals surface area contributed by atoms with Crippen LogP contribution in [-0.2, 0) is 15.7 Å². The van der Waals surface area contributed by atoms with Crippen molar-refractivity contribution in [2.75, 3.05) is 6.61 Å². The van der Waals surface area contributed by atoms with E-state index in [2.05, 4.69) is 12.2 Å². The zero-order chi connectivity index (χ0) is 24.5. The van der Waals surface area contributed by atoms with Gasteiger partial charge in [0.05, 0.1) is 18.2 Å². The molecule has 0 unspecified atom stereocenters. The first-order chi connectivity index (χ1) is 16.1. The van der Waals surface area contributed by atoms with E-state index in [4.69, 9.17) is 4.74 Å². The number of hydrogen-bond donors (Lipinski definition) is 1. The third-order valence-corrected chi connectivity index (χ3v) is 6.93. The summed E-state index contributed by atoms with van der Waals surface area (Å²) in [5.41, 5.74) is -1.09. The van der Waals surface area contributed by atoms with Gasteiger partial charge in [-0.25, -0.2) is 0 Å². The first-order valence-electron chi connectivity index (χ1n) is 11.6. The zero-order valence-corrected chi connectivity index (χ0v) is 19.3. The second-order valence-electron chi connectivity index (χ2n) is 9.35. The van der Waals surface area contributed by atoms with E-state index in [1.807, 2.05) is 37.3 Å². The molecular weight excluding hydrogens is 445 g/mol. The molecule has 2 aromatic rings. The van der Waals surface area contributed by atoms with E-state index in [1.54, 1.807) is 0 Å². The molecule has 2 amide bonds. The third-order valence-electron chi connectivity index (χ3n) is 6.93. The average molecular weight is 475 g/mol. The Morgan fingerprint density at radius 1 is 1.09 bits per heavy atom. The highest BCUT2D eigenvalue weighted by atomic mass is 19.4. The molecule has 1 heterocycles. The van der Waals surface area contributed by atoms with Gasteiger partial charge in [0, 0.05) is 5.56 Å². The summed E-state index contributed by atoms with van der Waals surface area (Å²) in [6.07, 6.45) is -1.88. The number of benzene rings is 2. The Morgan fingerprint density at radius 2 is 1.76 bits per heavy atom. The van der Waals surface area contributed by atoms with Crippen LogP contribution >= 0.6 is 0 Å². The van der Waals surface area contributed by atoms with Crippen molar-refractivity contribution in [2.45, 2.75) is 63.5 Å². The number of nitrogens with zero attached hydrogens (tertiary/aromatic N) is 1. The fourth-order valence-corrected chi connectivity index (χ4v) is 4.88. The van der Waals surface area contributed by atoms with Crippen LogP contribution in [0.1, 0.15) is 67.1 Å².